The molecule has 0 fully saturated rings. The number of nitrogens with two attached hydrogens (primary N) is 1. The summed E-state index contributed by atoms with van der Waals surface area (Å²) in [5.74, 6) is 2.77. The van der Waals surface area contributed by atoms with E-state index in [0.717, 1.165) is 83.1 Å². The van der Waals surface area contributed by atoms with E-state index in [0.29, 0.717) is 17.5 Å². The molecule has 0 bridgehead atoms. The van der Waals surface area contributed by atoms with Crippen molar-refractivity contribution in [3.63, 3.8) is 0 Å². The largest absolute Gasteiger partial charge is 0.461 e. The van der Waals surface area contributed by atoms with Crippen LogP contribution in [0, 0.1) is 5.92 Å². The van der Waals surface area contributed by atoms with Crippen molar-refractivity contribution in [1.82, 2.24) is 9.13 Å². The highest BCUT2D eigenvalue weighted by molar-refractivity contribution is 6.28. The number of para-hydroxylation sites is 4. The van der Waals surface area contributed by atoms with Gasteiger partial charge in [0.2, 0.25) is 5.96 Å². The van der Waals surface area contributed by atoms with E-state index in [1.807, 2.05) is 42.5 Å². The molecule has 0 amide bonds. The maximum atomic E-state index is 7.37. The van der Waals surface area contributed by atoms with Gasteiger partial charge in [0.1, 0.15) is 11.5 Å². The van der Waals surface area contributed by atoms with Gasteiger partial charge in [0.05, 0.1) is 39.4 Å². The van der Waals surface area contributed by atoms with Crippen molar-refractivity contribution in [2.24, 2.45) is 21.6 Å². The van der Waals surface area contributed by atoms with E-state index in [9.17, 15) is 0 Å². The van der Waals surface area contributed by atoms with Gasteiger partial charge in [-0.15, -0.1) is 0 Å². The lowest BCUT2D eigenvalue weighted by atomic mass is 9.81. The van der Waals surface area contributed by atoms with E-state index in [1.54, 1.807) is 0 Å². The SMILES string of the molecule is C=C(N=C(N=C(N)n1c2ccccc2c2ccc3c(c4ccccc4n3-c3ccccc3-c3ccccc3)c21)C1=CC(C)C2C(=C1)Oc1ccccc12)c1ccccc1. The van der Waals surface area contributed by atoms with Crippen LogP contribution >= 0.6 is 0 Å². The number of hydrogen-bond acceptors (Lipinski definition) is 2. The van der Waals surface area contributed by atoms with Gasteiger partial charge in [-0.3, -0.25) is 4.57 Å². The van der Waals surface area contributed by atoms with Gasteiger partial charge in [-0.2, -0.15) is 4.99 Å². The van der Waals surface area contributed by atoms with Crippen LogP contribution < -0.4 is 10.5 Å². The molecule has 0 saturated carbocycles. The summed E-state index contributed by atoms with van der Waals surface area (Å²) in [6.45, 7) is 6.61. The number of benzene rings is 7. The molecule has 6 heteroatoms. The molecule has 2 atom stereocenters. The normalized spacial score (nSPS) is 16.6. The zero-order chi connectivity index (χ0) is 39.6. The number of allylic oxidation sites excluding steroid dienone is 2. The van der Waals surface area contributed by atoms with Crippen molar-refractivity contribution >= 4 is 61.1 Å². The van der Waals surface area contributed by atoms with Gasteiger partial charge < -0.3 is 15.0 Å². The van der Waals surface area contributed by atoms with Crippen molar-refractivity contribution in [2.75, 3.05) is 0 Å². The third-order valence-electron chi connectivity index (χ3n) is 11.8. The third kappa shape index (κ3) is 5.56. The molecule has 9 aromatic rings. The Morgan fingerprint density at radius 1 is 0.644 bits per heavy atom. The Labute approximate surface area is 341 Å². The molecule has 1 aliphatic carbocycles. The zero-order valence-corrected chi connectivity index (χ0v) is 32.5. The molecule has 2 aliphatic rings. The van der Waals surface area contributed by atoms with Crippen LogP contribution in [-0.4, -0.2) is 20.9 Å². The van der Waals surface area contributed by atoms with Crippen LogP contribution in [0.4, 0.5) is 0 Å². The minimum Gasteiger partial charge on any atom is -0.461 e. The van der Waals surface area contributed by atoms with Gasteiger partial charge in [-0.25, -0.2) is 4.99 Å². The molecule has 2 aromatic heterocycles. The van der Waals surface area contributed by atoms with Gasteiger partial charge in [0, 0.05) is 38.2 Å². The molecule has 0 spiro atoms. The van der Waals surface area contributed by atoms with Crippen molar-refractivity contribution in [3.05, 3.63) is 211 Å². The van der Waals surface area contributed by atoms with Gasteiger partial charge in [0.25, 0.3) is 0 Å². The molecule has 11 rings (SSSR count). The van der Waals surface area contributed by atoms with Crippen molar-refractivity contribution in [2.45, 2.75) is 12.8 Å². The van der Waals surface area contributed by atoms with E-state index in [-0.39, 0.29) is 11.8 Å². The third-order valence-corrected chi connectivity index (χ3v) is 11.8. The summed E-state index contributed by atoms with van der Waals surface area (Å²) in [5.41, 5.74) is 18.4. The Morgan fingerprint density at radius 2 is 1.32 bits per heavy atom. The van der Waals surface area contributed by atoms with Gasteiger partial charge in [-0.1, -0.05) is 159 Å². The highest BCUT2D eigenvalue weighted by Gasteiger charge is 2.36. The summed E-state index contributed by atoms with van der Waals surface area (Å²) in [6.07, 6.45) is 4.30. The standard InChI is InChI=1S/C53H39N5O/c1-33-31-37(32-48-49(33)42-24-12-16-28-47(42)59-48)52(55-34(2)35-17-5-3-6-18-35)56-53(54)58-44-26-14-10-22-39(44)40-29-30-46-50(51(40)58)41-23-11-15-27-45(41)57(46)43-25-13-9-21-38(43)36-19-7-4-8-20-36/h3-33,49H,2H2,1H3,(H2,54,55,56). The Morgan fingerprint density at radius 3 is 2.15 bits per heavy atom. The lowest BCUT2D eigenvalue weighted by Gasteiger charge is -2.22. The van der Waals surface area contributed by atoms with Gasteiger partial charge >= 0.3 is 0 Å². The van der Waals surface area contributed by atoms with E-state index in [1.165, 1.54) is 5.56 Å². The lowest BCUT2D eigenvalue weighted by Crippen LogP contribution is -2.25. The Bertz CT molecular complexity index is 3290. The van der Waals surface area contributed by atoms with Crippen molar-refractivity contribution in [3.8, 4) is 22.6 Å². The number of fused-ring (bicyclic) bond motifs is 10. The number of aromatic nitrogens is 2. The summed E-state index contributed by atoms with van der Waals surface area (Å²) in [5, 5.41) is 4.39. The molecule has 59 heavy (non-hydrogen) atoms. The van der Waals surface area contributed by atoms with Crippen LogP contribution in [0.3, 0.4) is 0 Å². The highest BCUT2D eigenvalue weighted by Crippen LogP contribution is 2.48. The van der Waals surface area contributed by atoms with Crippen LogP contribution in [0.2, 0.25) is 0 Å². The summed E-state index contributed by atoms with van der Waals surface area (Å²) >= 11 is 0. The average Bonchev–Trinajstić information content (AvgIpc) is 3.94. The van der Waals surface area contributed by atoms with E-state index < -0.39 is 0 Å². The first kappa shape index (κ1) is 34.5. The second kappa shape index (κ2) is 13.7. The minimum absolute atomic E-state index is 0.116. The number of nitrogens with zero attached hydrogens (tertiary/aromatic N) is 4. The second-order valence-corrected chi connectivity index (χ2v) is 15.3. The molecule has 7 aromatic carbocycles. The van der Waals surface area contributed by atoms with Crippen molar-refractivity contribution in [1.29, 1.82) is 0 Å². The fourth-order valence-electron chi connectivity index (χ4n) is 9.23. The molecular formula is C53H39N5O. The summed E-state index contributed by atoms with van der Waals surface area (Å²) in [6, 6.07) is 59.0. The first-order chi connectivity index (χ1) is 29.0. The topological polar surface area (TPSA) is 69.8 Å². The predicted molar refractivity (Wildman–Crippen MR) is 244 cm³/mol. The van der Waals surface area contributed by atoms with Crippen LogP contribution in [0.5, 0.6) is 5.75 Å². The summed E-state index contributed by atoms with van der Waals surface area (Å²) < 4.78 is 11.0. The second-order valence-electron chi connectivity index (χ2n) is 15.3. The number of hydrogen-bond donors (Lipinski definition) is 1. The number of amidine groups is 1. The zero-order valence-electron chi connectivity index (χ0n) is 32.5. The van der Waals surface area contributed by atoms with Crippen LogP contribution in [0.1, 0.15) is 24.0 Å². The molecule has 0 saturated heterocycles. The maximum Gasteiger partial charge on any atom is 0.207 e. The van der Waals surface area contributed by atoms with E-state index in [2.05, 4.69) is 162 Å². The van der Waals surface area contributed by atoms with E-state index in [4.69, 9.17) is 20.5 Å². The lowest BCUT2D eigenvalue weighted by molar-refractivity contribution is 0.403. The quantitative estimate of drug-likeness (QED) is 0.140. The molecule has 6 nitrogen and oxygen atoms in total. The van der Waals surface area contributed by atoms with Gasteiger partial charge in [0.15, 0.2) is 5.84 Å². The molecular weight excluding hydrogens is 723 g/mol. The Kier molecular flexibility index (Phi) is 8.05. The maximum absolute atomic E-state index is 7.37. The van der Waals surface area contributed by atoms with Crippen molar-refractivity contribution < 1.29 is 4.74 Å². The smallest absolute Gasteiger partial charge is 0.207 e. The molecule has 282 valence electrons. The molecule has 0 radical (unpaired) electrons. The van der Waals surface area contributed by atoms with Crippen LogP contribution in [0.25, 0.3) is 66.1 Å². The average molecular weight is 762 g/mol. The first-order valence-corrected chi connectivity index (χ1v) is 20.0. The van der Waals surface area contributed by atoms with Crippen LogP contribution in [-0.2, 0) is 0 Å². The monoisotopic (exact) mass is 761 g/mol. The highest BCUT2D eigenvalue weighted by atomic mass is 16.5. The fraction of sp³-hybridized carbons (Fsp3) is 0.0566. The fourth-order valence-corrected chi connectivity index (χ4v) is 9.23. The Hall–Kier alpha value is -7.70. The molecule has 2 unspecified atom stereocenters. The predicted octanol–water partition coefficient (Wildman–Crippen LogP) is 12.4. The Balaban J connectivity index is 1.16. The molecule has 3 heterocycles. The van der Waals surface area contributed by atoms with Gasteiger partial charge in [-0.05, 0) is 53.5 Å². The number of aliphatic imine (C=N–C) groups is 2. The number of rotatable bonds is 5. The summed E-state index contributed by atoms with van der Waals surface area (Å²) in [7, 11) is 0. The van der Waals surface area contributed by atoms with Crippen LogP contribution in [0.15, 0.2) is 210 Å². The number of ether oxygens (including phenoxy) is 1. The molecule has 2 N–H and O–H groups in total. The van der Waals surface area contributed by atoms with E-state index >= 15 is 0 Å². The minimum atomic E-state index is 0.116. The first-order valence-electron chi connectivity index (χ1n) is 20.0. The molecule has 1 aliphatic heterocycles. The summed E-state index contributed by atoms with van der Waals surface area (Å²) in [4.78, 5) is 10.4.